The van der Waals surface area contributed by atoms with Gasteiger partial charge in [0.25, 0.3) is 0 Å². The molecular formula is C13H24N2O3. The molecule has 1 amide bonds. The number of methoxy groups -OCH3 is 1. The number of hydrogen-bond donors (Lipinski definition) is 1. The number of rotatable bonds is 6. The van der Waals surface area contributed by atoms with Gasteiger partial charge in [-0.25, -0.2) is 0 Å². The highest BCUT2D eigenvalue weighted by Crippen LogP contribution is 2.23. The number of unbranched alkanes of at least 4 members (excludes halogenated alkanes) is 1. The monoisotopic (exact) mass is 256 g/mol. The quantitative estimate of drug-likeness (QED) is 0.718. The van der Waals surface area contributed by atoms with Crippen molar-refractivity contribution in [2.75, 3.05) is 20.7 Å². The zero-order chi connectivity index (χ0) is 13.5. The molecule has 18 heavy (non-hydrogen) atoms. The first kappa shape index (κ1) is 15.0. The Bertz CT molecular complexity index is 294. The van der Waals surface area contributed by atoms with E-state index in [1.54, 1.807) is 7.05 Å². The Morgan fingerprint density at radius 2 is 2.22 bits per heavy atom. The molecule has 1 heterocycles. The summed E-state index contributed by atoms with van der Waals surface area (Å²) in [5.74, 6) is -0.225. The molecule has 5 heteroatoms. The SMILES string of the molecule is CCCCC(C(=O)OC)N1CCCC1C(=O)NC. The van der Waals surface area contributed by atoms with Gasteiger partial charge in [-0.05, 0) is 25.8 Å². The van der Waals surface area contributed by atoms with Gasteiger partial charge in [0.05, 0.1) is 13.2 Å². The van der Waals surface area contributed by atoms with Crippen molar-refractivity contribution < 1.29 is 14.3 Å². The predicted molar refractivity (Wildman–Crippen MR) is 69.1 cm³/mol. The summed E-state index contributed by atoms with van der Waals surface area (Å²) in [5.41, 5.74) is 0. The molecule has 0 spiro atoms. The Morgan fingerprint density at radius 3 is 2.78 bits per heavy atom. The van der Waals surface area contributed by atoms with Gasteiger partial charge in [-0.1, -0.05) is 19.8 Å². The van der Waals surface area contributed by atoms with Gasteiger partial charge in [0, 0.05) is 7.05 Å². The molecule has 0 bridgehead atoms. The third kappa shape index (κ3) is 3.45. The highest BCUT2D eigenvalue weighted by molar-refractivity contribution is 5.83. The normalized spacial score (nSPS) is 21.6. The molecule has 0 saturated carbocycles. The highest BCUT2D eigenvalue weighted by atomic mass is 16.5. The van der Waals surface area contributed by atoms with Gasteiger partial charge < -0.3 is 10.1 Å². The first-order chi connectivity index (χ1) is 8.65. The van der Waals surface area contributed by atoms with E-state index in [-0.39, 0.29) is 24.0 Å². The van der Waals surface area contributed by atoms with Crippen LogP contribution in [0.15, 0.2) is 0 Å². The van der Waals surface area contributed by atoms with Crippen molar-refractivity contribution in [1.29, 1.82) is 0 Å². The van der Waals surface area contributed by atoms with E-state index in [9.17, 15) is 9.59 Å². The Kier molecular flexibility index (Phi) is 6.12. The third-order valence-electron chi connectivity index (χ3n) is 3.55. The maximum absolute atomic E-state index is 11.9. The second kappa shape index (κ2) is 7.36. The summed E-state index contributed by atoms with van der Waals surface area (Å²) >= 11 is 0. The van der Waals surface area contributed by atoms with Gasteiger partial charge in [-0.2, -0.15) is 0 Å². The van der Waals surface area contributed by atoms with Crippen LogP contribution in [0.3, 0.4) is 0 Å². The van der Waals surface area contributed by atoms with Crippen LogP contribution in [-0.4, -0.2) is 49.6 Å². The van der Waals surface area contributed by atoms with Crippen molar-refractivity contribution in [1.82, 2.24) is 10.2 Å². The van der Waals surface area contributed by atoms with Crippen LogP contribution in [0.1, 0.15) is 39.0 Å². The Balaban J connectivity index is 2.76. The van der Waals surface area contributed by atoms with Gasteiger partial charge in [-0.3, -0.25) is 14.5 Å². The van der Waals surface area contributed by atoms with E-state index in [0.717, 1.165) is 38.6 Å². The average Bonchev–Trinajstić information content (AvgIpc) is 2.87. The number of ether oxygens (including phenoxy) is 1. The fraction of sp³-hybridized carbons (Fsp3) is 0.846. The molecule has 1 saturated heterocycles. The zero-order valence-electron chi connectivity index (χ0n) is 11.6. The molecular weight excluding hydrogens is 232 g/mol. The van der Waals surface area contributed by atoms with E-state index in [1.807, 2.05) is 4.90 Å². The maximum atomic E-state index is 11.9. The van der Waals surface area contributed by atoms with E-state index in [2.05, 4.69) is 12.2 Å². The Labute approximate surface area is 109 Å². The summed E-state index contributed by atoms with van der Waals surface area (Å²) in [4.78, 5) is 25.7. The second-order valence-electron chi connectivity index (χ2n) is 4.69. The zero-order valence-corrected chi connectivity index (χ0v) is 11.6. The fourth-order valence-corrected chi connectivity index (χ4v) is 2.56. The minimum absolute atomic E-state index is 0.00194. The Hall–Kier alpha value is -1.10. The van der Waals surface area contributed by atoms with E-state index >= 15 is 0 Å². The van der Waals surface area contributed by atoms with Crippen molar-refractivity contribution in [2.24, 2.45) is 0 Å². The molecule has 0 radical (unpaired) electrons. The fourth-order valence-electron chi connectivity index (χ4n) is 2.56. The smallest absolute Gasteiger partial charge is 0.323 e. The largest absolute Gasteiger partial charge is 0.468 e. The molecule has 1 fully saturated rings. The lowest BCUT2D eigenvalue weighted by Crippen LogP contribution is -2.50. The number of nitrogens with zero attached hydrogens (tertiary/aromatic N) is 1. The lowest BCUT2D eigenvalue weighted by atomic mass is 10.1. The molecule has 1 rings (SSSR count). The summed E-state index contributed by atoms with van der Waals surface area (Å²) in [6.07, 6.45) is 4.54. The highest BCUT2D eigenvalue weighted by Gasteiger charge is 2.38. The van der Waals surface area contributed by atoms with Crippen LogP contribution < -0.4 is 5.32 Å². The van der Waals surface area contributed by atoms with Gasteiger partial charge in [0.2, 0.25) is 5.91 Å². The van der Waals surface area contributed by atoms with Crippen molar-refractivity contribution in [3.05, 3.63) is 0 Å². The summed E-state index contributed by atoms with van der Waals surface area (Å²) in [6.45, 7) is 2.89. The summed E-state index contributed by atoms with van der Waals surface area (Å²) in [7, 11) is 3.05. The number of hydrogen-bond acceptors (Lipinski definition) is 4. The number of carbonyl (C=O) groups is 2. The van der Waals surface area contributed by atoms with E-state index in [0.29, 0.717) is 0 Å². The molecule has 1 N–H and O–H groups in total. The average molecular weight is 256 g/mol. The molecule has 0 aromatic carbocycles. The Morgan fingerprint density at radius 1 is 1.50 bits per heavy atom. The van der Waals surface area contributed by atoms with Gasteiger partial charge in [0.15, 0.2) is 0 Å². The van der Waals surface area contributed by atoms with Crippen LogP contribution in [0.4, 0.5) is 0 Å². The molecule has 2 unspecified atom stereocenters. The van der Waals surface area contributed by atoms with Crippen LogP contribution in [0.25, 0.3) is 0 Å². The first-order valence-corrected chi connectivity index (χ1v) is 6.70. The van der Waals surface area contributed by atoms with Crippen LogP contribution in [0.2, 0.25) is 0 Å². The third-order valence-corrected chi connectivity index (χ3v) is 3.55. The number of amides is 1. The summed E-state index contributed by atoms with van der Waals surface area (Å²) in [6, 6.07) is -0.462. The number of nitrogens with one attached hydrogen (secondary N) is 1. The summed E-state index contributed by atoms with van der Waals surface area (Å²) < 4.78 is 4.87. The maximum Gasteiger partial charge on any atom is 0.323 e. The molecule has 5 nitrogen and oxygen atoms in total. The van der Waals surface area contributed by atoms with Gasteiger partial charge in [-0.15, -0.1) is 0 Å². The minimum Gasteiger partial charge on any atom is -0.468 e. The van der Waals surface area contributed by atoms with Gasteiger partial charge in [0.1, 0.15) is 6.04 Å². The first-order valence-electron chi connectivity index (χ1n) is 6.70. The topological polar surface area (TPSA) is 58.6 Å². The minimum atomic E-state index is -0.278. The molecule has 1 aliphatic heterocycles. The van der Waals surface area contributed by atoms with Crippen LogP contribution in [0, 0.1) is 0 Å². The number of esters is 1. The molecule has 0 aromatic rings. The van der Waals surface area contributed by atoms with Crippen molar-refractivity contribution in [3.63, 3.8) is 0 Å². The van der Waals surface area contributed by atoms with Gasteiger partial charge >= 0.3 is 5.97 Å². The van der Waals surface area contributed by atoms with Crippen LogP contribution in [0.5, 0.6) is 0 Å². The number of likely N-dealkylation sites (N-methyl/N-ethyl adjacent to an activating group) is 1. The van der Waals surface area contributed by atoms with E-state index in [1.165, 1.54) is 7.11 Å². The predicted octanol–water partition coefficient (Wildman–Crippen LogP) is 0.929. The molecule has 104 valence electrons. The van der Waals surface area contributed by atoms with Crippen LogP contribution in [-0.2, 0) is 14.3 Å². The van der Waals surface area contributed by atoms with E-state index in [4.69, 9.17) is 4.74 Å². The van der Waals surface area contributed by atoms with Crippen LogP contribution >= 0.6 is 0 Å². The molecule has 0 aromatic heterocycles. The van der Waals surface area contributed by atoms with Crippen molar-refractivity contribution in [2.45, 2.75) is 51.1 Å². The molecule has 2 atom stereocenters. The standard InChI is InChI=1S/C13H24N2O3/c1-4-5-7-11(13(17)18-3)15-9-6-8-10(15)12(16)14-2/h10-11H,4-9H2,1-3H3,(H,14,16). The summed E-state index contributed by atoms with van der Waals surface area (Å²) in [5, 5.41) is 2.67. The molecule has 1 aliphatic rings. The second-order valence-corrected chi connectivity index (χ2v) is 4.69. The molecule has 0 aliphatic carbocycles. The number of carbonyl (C=O) groups excluding carboxylic acids is 2. The van der Waals surface area contributed by atoms with Crippen molar-refractivity contribution in [3.8, 4) is 0 Å². The number of likely N-dealkylation sites (tertiary alicyclic amines) is 1. The lowest BCUT2D eigenvalue weighted by molar-refractivity contribution is -0.148. The van der Waals surface area contributed by atoms with Crippen molar-refractivity contribution >= 4 is 11.9 Å². The lowest BCUT2D eigenvalue weighted by Gasteiger charge is -2.30. The van der Waals surface area contributed by atoms with E-state index < -0.39 is 0 Å².